The molecular formula is C15H20F2N2OS. The zero-order chi connectivity index (χ0) is 15.5. The molecule has 2 rings (SSSR count). The number of nitrogens with one attached hydrogen (secondary N) is 1. The highest BCUT2D eigenvalue weighted by Gasteiger charge is 2.37. The Morgan fingerprint density at radius 1 is 1.48 bits per heavy atom. The number of carbonyl (C=O) groups is 1. The van der Waals surface area contributed by atoms with E-state index in [0.29, 0.717) is 22.3 Å². The third kappa shape index (κ3) is 4.41. The van der Waals surface area contributed by atoms with E-state index in [1.165, 1.54) is 0 Å². The number of hydrogen-bond acceptors (Lipinski definition) is 3. The SMILES string of the molecule is CC1(N)CCCCC1C(=O)Nc1cccc(SC(F)F)c1. The molecule has 0 aromatic heterocycles. The van der Waals surface area contributed by atoms with E-state index >= 15 is 0 Å². The molecule has 3 N–H and O–H groups in total. The zero-order valence-corrected chi connectivity index (χ0v) is 12.8. The van der Waals surface area contributed by atoms with E-state index in [9.17, 15) is 13.6 Å². The Balaban J connectivity index is 2.05. The van der Waals surface area contributed by atoms with Crippen LogP contribution in [-0.4, -0.2) is 17.2 Å². The number of nitrogens with two attached hydrogens (primary N) is 1. The molecule has 1 aliphatic rings. The second-order valence-electron chi connectivity index (χ2n) is 5.70. The number of alkyl halides is 2. The van der Waals surface area contributed by atoms with Gasteiger partial charge in [-0.3, -0.25) is 4.79 Å². The Labute approximate surface area is 127 Å². The van der Waals surface area contributed by atoms with Crippen molar-refractivity contribution in [2.75, 3.05) is 5.32 Å². The summed E-state index contributed by atoms with van der Waals surface area (Å²) in [7, 11) is 0. The highest BCUT2D eigenvalue weighted by atomic mass is 32.2. The lowest BCUT2D eigenvalue weighted by Crippen LogP contribution is -2.51. The van der Waals surface area contributed by atoms with Crippen LogP contribution in [0.3, 0.4) is 0 Å². The van der Waals surface area contributed by atoms with E-state index in [1.54, 1.807) is 24.3 Å². The Hall–Kier alpha value is -1.14. The maximum Gasteiger partial charge on any atom is 0.288 e. The first-order valence-corrected chi connectivity index (χ1v) is 7.91. The molecule has 0 radical (unpaired) electrons. The zero-order valence-electron chi connectivity index (χ0n) is 11.9. The molecule has 116 valence electrons. The van der Waals surface area contributed by atoms with Gasteiger partial charge in [0.05, 0.1) is 5.92 Å². The molecule has 0 saturated heterocycles. The van der Waals surface area contributed by atoms with Crippen LogP contribution in [0, 0.1) is 5.92 Å². The van der Waals surface area contributed by atoms with Gasteiger partial charge in [0.1, 0.15) is 0 Å². The van der Waals surface area contributed by atoms with Crippen molar-refractivity contribution in [1.29, 1.82) is 0 Å². The van der Waals surface area contributed by atoms with E-state index in [2.05, 4.69) is 5.32 Å². The van der Waals surface area contributed by atoms with Crippen LogP contribution in [0.15, 0.2) is 29.2 Å². The van der Waals surface area contributed by atoms with Gasteiger partial charge in [-0.2, -0.15) is 8.78 Å². The summed E-state index contributed by atoms with van der Waals surface area (Å²) in [6, 6.07) is 6.51. The highest BCUT2D eigenvalue weighted by Crippen LogP contribution is 2.33. The lowest BCUT2D eigenvalue weighted by atomic mass is 9.74. The number of hydrogen-bond donors (Lipinski definition) is 2. The molecule has 3 nitrogen and oxygen atoms in total. The standard InChI is InChI=1S/C15H20F2N2OS/c1-15(18)8-3-2-7-12(15)13(20)19-10-5-4-6-11(9-10)21-14(16)17/h4-6,9,12,14H,2-3,7-8,18H2,1H3,(H,19,20). The topological polar surface area (TPSA) is 55.1 Å². The molecule has 1 aliphatic carbocycles. The number of halogens is 2. The molecule has 0 bridgehead atoms. The monoisotopic (exact) mass is 314 g/mol. The van der Waals surface area contributed by atoms with Gasteiger partial charge < -0.3 is 11.1 Å². The molecule has 6 heteroatoms. The van der Waals surface area contributed by atoms with Gasteiger partial charge in [-0.25, -0.2) is 0 Å². The number of amides is 1. The lowest BCUT2D eigenvalue weighted by Gasteiger charge is -2.37. The van der Waals surface area contributed by atoms with Crippen molar-refractivity contribution in [1.82, 2.24) is 0 Å². The highest BCUT2D eigenvalue weighted by molar-refractivity contribution is 7.99. The molecular weight excluding hydrogens is 294 g/mol. The van der Waals surface area contributed by atoms with E-state index in [4.69, 9.17) is 5.73 Å². The minimum Gasteiger partial charge on any atom is -0.326 e. The molecule has 2 unspecified atom stereocenters. The Kier molecular flexibility index (Phi) is 5.22. The van der Waals surface area contributed by atoms with Gasteiger partial charge in [0.25, 0.3) is 5.76 Å². The van der Waals surface area contributed by atoms with Crippen LogP contribution in [0.5, 0.6) is 0 Å². The van der Waals surface area contributed by atoms with Gasteiger partial charge in [-0.1, -0.05) is 30.7 Å². The number of benzene rings is 1. The van der Waals surface area contributed by atoms with E-state index in [0.717, 1.165) is 25.7 Å². The summed E-state index contributed by atoms with van der Waals surface area (Å²) < 4.78 is 24.7. The maximum absolute atomic E-state index is 12.4. The van der Waals surface area contributed by atoms with Crippen molar-refractivity contribution in [2.24, 2.45) is 11.7 Å². The minimum atomic E-state index is -2.47. The minimum absolute atomic E-state index is 0.126. The average Bonchev–Trinajstić information content (AvgIpc) is 2.37. The fourth-order valence-corrected chi connectivity index (χ4v) is 3.33. The van der Waals surface area contributed by atoms with Crippen molar-refractivity contribution >= 4 is 23.4 Å². The van der Waals surface area contributed by atoms with E-state index < -0.39 is 11.3 Å². The first kappa shape index (κ1) is 16.2. The molecule has 2 atom stereocenters. The quantitative estimate of drug-likeness (QED) is 0.830. The molecule has 1 aromatic carbocycles. The second kappa shape index (κ2) is 6.75. The molecule has 1 saturated carbocycles. The fourth-order valence-electron chi connectivity index (χ4n) is 2.77. The second-order valence-corrected chi connectivity index (χ2v) is 6.76. The van der Waals surface area contributed by atoms with Gasteiger partial charge in [-0.05, 0) is 38.0 Å². The number of thioether (sulfide) groups is 1. The average molecular weight is 314 g/mol. The Morgan fingerprint density at radius 2 is 2.24 bits per heavy atom. The van der Waals surface area contributed by atoms with Crippen molar-refractivity contribution in [3.05, 3.63) is 24.3 Å². The summed E-state index contributed by atoms with van der Waals surface area (Å²) in [4.78, 5) is 12.8. The van der Waals surface area contributed by atoms with Crippen LogP contribution in [0.1, 0.15) is 32.6 Å². The van der Waals surface area contributed by atoms with E-state index in [-0.39, 0.29) is 11.8 Å². The molecule has 21 heavy (non-hydrogen) atoms. The summed E-state index contributed by atoms with van der Waals surface area (Å²) in [5, 5.41) is 2.80. The molecule has 1 amide bonds. The van der Waals surface area contributed by atoms with Crippen molar-refractivity contribution < 1.29 is 13.6 Å². The smallest absolute Gasteiger partial charge is 0.288 e. The largest absolute Gasteiger partial charge is 0.326 e. The van der Waals surface area contributed by atoms with E-state index in [1.807, 2.05) is 6.92 Å². The number of anilines is 1. The van der Waals surface area contributed by atoms with Crippen LogP contribution in [0.2, 0.25) is 0 Å². The summed E-state index contributed by atoms with van der Waals surface area (Å²) in [6.45, 7) is 1.90. The third-order valence-electron chi connectivity index (χ3n) is 3.90. The predicted octanol–water partition coefficient (Wildman–Crippen LogP) is 3.85. The first-order chi connectivity index (χ1) is 9.88. The van der Waals surface area contributed by atoms with Crippen LogP contribution in [0.4, 0.5) is 14.5 Å². The third-order valence-corrected chi connectivity index (χ3v) is 4.60. The molecule has 1 aromatic rings. The van der Waals surface area contributed by atoms with Gasteiger partial charge in [0, 0.05) is 16.1 Å². The first-order valence-electron chi connectivity index (χ1n) is 7.03. The lowest BCUT2D eigenvalue weighted by molar-refractivity contribution is -0.122. The summed E-state index contributed by atoms with van der Waals surface area (Å²) >= 11 is 0.466. The van der Waals surface area contributed by atoms with Crippen molar-refractivity contribution in [2.45, 2.75) is 48.8 Å². The molecule has 0 aliphatic heterocycles. The van der Waals surface area contributed by atoms with Crippen molar-refractivity contribution in [3.63, 3.8) is 0 Å². The van der Waals surface area contributed by atoms with Gasteiger partial charge in [-0.15, -0.1) is 0 Å². The summed E-state index contributed by atoms with van der Waals surface area (Å²) in [5.41, 5.74) is 6.24. The number of carbonyl (C=O) groups excluding carboxylic acids is 1. The van der Waals surface area contributed by atoms with Crippen LogP contribution in [-0.2, 0) is 4.79 Å². The summed E-state index contributed by atoms with van der Waals surface area (Å²) in [6.07, 6.45) is 3.63. The summed E-state index contributed by atoms with van der Waals surface area (Å²) in [5.74, 6) is -2.84. The maximum atomic E-state index is 12.4. The Bertz CT molecular complexity index is 508. The van der Waals surface area contributed by atoms with Crippen LogP contribution < -0.4 is 11.1 Å². The van der Waals surface area contributed by atoms with Crippen LogP contribution >= 0.6 is 11.8 Å². The fraction of sp³-hybridized carbons (Fsp3) is 0.533. The van der Waals surface area contributed by atoms with Gasteiger partial charge in [0.2, 0.25) is 5.91 Å². The molecule has 1 fully saturated rings. The predicted molar refractivity (Wildman–Crippen MR) is 81.5 cm³/mol. The van der Waals surface area contributed by atoms with Gasteiger partial charge in [0.15, 0.2) is 0 Å². The van der Waals surface area contributed by atoms with Gasteiger partial charge >= 0.3 is 0 Å². The normalized spacial score (nSPS) is 25.9. The molecule has 0 spiro atoms. The van der Waals surface area contributed by atoms with Crippen molar-refractivity contribution in [3.8, 4) is 0 Å². The Morgan fingerprint density at radius 3 is 2.90 bits per heavy atom. The number of rotatable bonds is 4. The molecule has 0 heterocycles. The van der Waals surface area contributed by atoms with Crippen LogP contribution in [0.25, 0.3) is 0 Å².